The molecular formula is C14H10BrN3OS. The van der Waals surface area contributed by atoms with E-state index < -0.39 is 0 Å². The second kappa shape index (κ2) is 5.60. The molecular weight excluding hydrogens is 338 g/mol. The molecule has 1 amide bonds. The van der Waals surface area contributed by atoms with Gasteiger partial charge < -0.3 is 5.32 Å². The lowest BCUT2D eigenvalue weighted by atomic mass is 10.1. The van der Waals surface area contributed by atoms with Crippen molar-refractivity contribution in [3.05, 3.63) is 57.3 Å². The molecule has 2 N–H and O–H groups in total. The Balaban J connectivity index is 1.83. The van der Waals surface area contributed by atoms with Gasteiger partial charge in [-0.05, 0) is 45.6 Å². The van der Waals surface area contributed by atoms with E-state index in [1.165, 1.54) is 11.3 Å². The maximum atomic E-state index is 12.1. The highest BCUT2D eigenvalue weighted by Crippen LogP contribution is 2.25. The van der Waals surface area contributed by atoms with Crippen molar-refractivity contribution in [1.29, 1.82) is 0 Å². The highest BCUT2D eigenvalue weighted by Gasteiger charge is 2.12. The minimum atomic E-state index is -0.117. The van der Waals surface area contributed by atoms with E-state index in [2.05, 4.69) is 31.4 Å². The molecule has 0 radical (unpaired) electrons. The number of carbonyl (C=O) groups excluding carboxylic acids is 1. The summed E-state index contributed by atoms with van der Waals surface area (Å²) in [5.74, 6) is -0.117. The first-order valence-electron chi connectivity index (χ1n) is 5.88. The molecule has 4 nitrogen and oxygen atoms in total. The Kier molecular flexibility index (Phi) is 3.66. The molecule has 6 heteroatoms. The molecule has 0 atom stereocenters. The third-order valence-corrected chi connectivity index (χ3v) is 4.59. The minimum Gasteiger partial charge on any atom is -0.321 e. The number of carbonyl (C=O) groups is 1. The van der Waals surface area contributed by atoms with Gasteiger partial charge in [-0.3, -0.25) is 9.89 Å². The zero-order valence-corrected chi connectivity index (χ0v) is 12.7. The van der Waals surface area contributed by atoms with Gasteiger partial charge in [-0.2, -0.15) is 5.10 Å². The van der Waals surface area contributed by atoms with Crippen LogP contribution in [0.3, 0.4) is 0 Å². The average molecular weight is 348 g/mol. The lowest BCUT2D eigenvalue weighted by Crippen LogP contribution is -2.10. The average Bonchev–Trinajstić information content (AvgIpc) is 3.09. The van der Waals surface area contributed by atoms with Gasteiger partial charge in [-0.1, -0.05) is 12.1 Å². The van der Waals surface area contributed by atoms with Crippen LogP contribution in [0.1, 0.15) is 9.67 Å². The van der Waals surface area contributed by atoms with E-state index in [4.69, 9.17) is 0 Å². The Bertz CT molecular complexity index is 736. The van der Waals surface area contributed by atoms with Crippen molar-refractivity contribution >= 4 is 38.9 Å². The molecule has 0 bridgehead atoms. The number of thiophene rings is 1. The van der Waals surface area contributed by atoms with Crippen LogP contribution in [0.25, 0.3) is 11.3 Å². The molecule has 0 unspecified atom stereocenters. The minimum absolute atomic E-state index is 0.117. The van der Waals surface area contributed by atoms with Gasteiger partial charge in [0.15, 0.2) is 0 Å². The molecule has 0 aliphatic carbocycles. The fourth-order valence-electron chi connectivity index (χ4n) is 1.82. The molecule has 0 aliphatic rings. The van der Waals surface area contributed by atoms with Gasteiger partial charge in [0, 0.05) is 21.9 Å². The molecule has 0 saturated carbocycles. The van der Waals surface area contributed by atoms with Gasteiger partial charge >= 0.3 is 0 Å². The number of hydrogen-bond acceptors (Lipinski definition) is 3. The Morgan fingerprint density at radius 2 is 2.20 bits per heavy atom. The molecule has 2 heterocycles. The van der Waals surface area contributed by atoms with Crippen molar-refractivity contribution < 1.29 is 4.79 Å². The number of anilines is 1. The largest absolute Gasteiger partial charge is 0.321 e. The monoisotopic (exact) mass is 347 g/mol. The van der Waals surface area contributed by atoms with Gasteiger partial charge in [0.25, 0.3) is 5.91 Å². The third-order valence-electron chi connectivity index (χ3n) is 2.76. The van der Waals surface area contributed by atoms with Crippen LogP contribution in [-0.2, 0) is 0 Å². The summed E-state index contributed by atoms with van der Waals surface area (Å²) in [5, 5.41) is 11.6. The van der Waals surface area contributed by atoms with Crippen molar-refractivity contribution in [2.75, 3.05) is 5.32 Å². The van der Waals surface area contributed by atoms with Crippen LogP contribution in [0.5, 0.6) is 0 Å². The van der Waals surface area contributed by atoms with Crippen LogP contribution in [0.15, 0.2) is 52.4 Å². The van der Waals surface area contributed by atoms with Crippen LogP contribution in [0.4, 0.5) is 5.69 Å². The Labute approximate surface area is 128 Å². The summed E-state index contributed by atoms with van der Waals surface area (Å²) in [6.45, 7) is 0. The lowest BCUT2D eigenvalue weighted by Gasteiger charge is -2.06. The Morgan fingerprint density at radius 3 is 2.90 bits per heavy atom. The lowest BCUT2D eigenvalue weighted by molar-refractivity contribution is 0.103. The van der Waals surface area contributed by atoms with Crippen molar-refractivity contribution in [3.8, 4) is 11.3 Å². The van der Waals surface area contributed by atoms with Crippen LogP contribution in [0.2, 0.25) is 0 Å². The van der Waals surface area contributed by atoms with Crippen LogP contribution in [-0.4, -0.2) is 16.1 Å². The number of rotatable bonds is 3. The van der Waals surface area contributed by atoms with E-state index in [0.29, 0.717) is 4.88 Å². The zero-order valence-electron chi connectivity index (χ0n) is 10.3. The van der Waals surface area contributed by atoms with E-state index >= 15 is 0 Å². The summed E-state index contributed by atoms with van der Waals surface area (Å²) >= 11 is 4.77. The Morgan fingerprint density at radius 1 is 1.30 bits per heavy atom. The van der Waals surface area contributed by atoms with Gasteiger partial charge in [0.05, 0.1) is 5.69 Å². The van der Waals surface area contributed by atoms with Crippen LogP contribution >= 0.6 is 27.3 Å². The SMILES string of the molecule is O=C(Nc1cccc(-c2ccn[nH]2)c1)c1sccc1Br. The fraction of sp³-hybridized carbons (Fsp3) is 0. The second-order valence-corrected chi connectivity index (χ2v) is 5.87. The van der Waals surface area contributed by atoms with Crippen LogP contribution < -0.4 is 5.32 Å². The van der Waals surface area contributed by atoms with Gasteiger partial charge in [-0.15, -0.1) is 11.3 Å². The molecule has 2 aromatic heterocycles. The quantitative estimate of drug-likeness (QED) is 0.747. The van der Waals surface area contributed by atoms with Gasteiger partial charge in [-0.25, -0.2) is 0 Å². The number of nitrogens with zero attached hydrogens (tertiary/aromatic N) is 1. The zero-order chi connectivity index (χ0) is 13.9. The van der Waals surface area contributed by atoms with Crippen molar-refractivity contribution in [1.82, 2.24) is 10.2 Å². The first-order chi connectivity index (χ1) is 9.74. The van der Waals surface area contributed by atoms with E-state index in [1.54, 1.807) is 6.20 Å². The number of aromatic amines is 1. The summed E-state index contributed by atoms with van der Waals surface area (Å²) in [6.07, 6.45) is 1.70. The maximum absolute atomic E-state index is 12.1. The van der Waals surface area contributed by atoms with E-state index in [-0.39, 0.29) is 5.91 Å². The molecule has 3 rings (SSSR count). The first-order valence-corrected chi connectivity index (χ1v) is 7.55. The second-order valence-electron chi connectivity index (χ2n) is 4.10. The highest BCUT2D eigenvalue weighted by molar-refractivity contribution is 9.10. The Hall–Kier alpha value is -1.92. The molecule has 0 spiro atoms. The molecule has 0 fully saturated rings. The van der Waals surface area contributed by atoms with Crippen molar-refractivity contribution in [2.24, 2.45) is 0 Å². The molecule has 3 aromatic rings. The molecule has 20 heavy (non-hydrogen) atoms. The number of hydrogen-bond donors (Lipinski definition) is 2. The predicted octanol–water partition coefficient (Wildman–Crippen LogP) is 4.15. The molecule has 1 aromatic carbocycles. The van der Waals surface area contributed by atoms with Crippen molar-refractivity contribution in [2.45, 2.75) is 0 Å². The number of amides is 1. The fourth-order valence-corrected chi connectivity index (χ4v) is 3.27. The van der Waals surface area contributed by atoms with Crippen molar-refractivity contribution in [3.63, 3.8) is 0 Å². The molecule has 0 saturated heterocycles. The summed E-state index contributed by atoms with van der Waals surface area (Å²) < 4.78 is 0.810. The summed E-state index contributed by atoms with van der Waals surface area (Å²) in [5.41, 5.74) is 2.64. The first kappa shape index (κ1) is 13.1. The third kappa shape index (κ3) is 2.66. The highest BCUT2D eigenvalue weighted by atomic mass is 79.9. The number of benzene rings is 1. The van der Waals surface area contributed by atoms with Crippen LogP contribution in [0, 0.1) is 0 Å². The molecule has 0 aliphatic heterocycles. The number of H-pyrrole nitrogens is 1. The topological polar surface area (TPSA) is 57.8 Å². The summed E-state index contributed by atoms with van der Waals surface area (Å²) in [6, 6.07) is 11.4. The normalized spacial score (nSPS) is 10.4. The number of aromatic nitrogens is 2. The molecule has 100 valence electrons. The van der Waals surface area contributed by atoms with Gasteiger partial charge in [0.1, 0.15) is 4.88 Å². The smallest absolute Gasteiger partial charge is 0.266 e. The van der Waals surface area contributed by atoms with E-state index in [1.807, 2.05) is 41.8 Å². The predicted molar refractivity (Wildman–Crippen MR) is 84.0 cm³/mol. The maximum Gasteiger partial charge on any atom is 0.266 e. The van der Waals surface area contributed by atoms with Gasteiger partial charge in [0.2, 0.25) is 0 Å². The number of halogens is 1. The summed E-state index contributed by atoms with van der Waals surface area (Å²) in [7, 11) is 0. The summed E-state index contributed by atoms with van der Waals surface area (Å²) in [4.78, 5) is 12.8. The van der Waals surface area contributed by atoms with E-state index in [9.17, 15) is 4.79 Å². The number of nitrogens with one attached hydrogen (secondary N) is 2. The standard InChI is InChI=1S/C14H10BrN3OS/c15-11-5-7-20-13(11)14(19)17-10-3-1-2-9(8-10)12-4-6-16-18-12/h1-8H,(H,16,18)(H,17,19). The van der Waals surface area contributed by atoms with E-state index in [0.717, 1.165) is 21.4 Å².